The third-order valence-electron chi connectivity index (χ3n) is 6.51. The first-order chi connectivity index (χ1) is 20.7. The van der Waals surface area contributed by atoms with Gasteiger partial charge in [0, 0.05) is 50.9 Å². The minimum atomic E-state index is 0.696. The highest BCUT2D eigenvalue weighted by atomic mass is 35.5. The fraction of sp³-hybridized carbons (Fsp3) is 0.0263. The molecule has 0 aliphatic rings. The van der Waals surface area contributed by atoms with Crippen LogP contribution in [-0.2, 0) is 0 Å². The molecule has 0 radical (unpaired) electrons. The number of para-hydroxylation sites is 2. The number of pyridine rings is 1. The minimum absolute atomic E-state index is 0.696. The molecule has 0 unspecified atom stereocenters. The molecule has 0 saturated heterocycles. The summed E-state index contributed by atoms with van der Waals surface area (Å²) in [5.41, 5.74) is 8.25. The molecule has 0 saturated carbocycles. The third kappa shape index (κ3) is 6.77. The van der Waals surface area contributed by atoms with Gasteiger partial charge in [-0.25, -0.2) is 0 Å². The Bertz CT molecular complexity index is 1720. The number of rotatable bonds is 7. The lowest BCUT2D eigenvalue weighted by molar-refractivity contribution is 1.25. The van der Waals surface area contributed by atoms with E-state index >= 15 is 0 Å². The Labute approximate surface area is 253 Å². The molecule has 0 aliphatic heterocycles. The molecule has 1 aromatic heterocycles. The van der Waals surface area contributed by atoms with Crippen LogP contribution >= 0.6 is 11.6 Å². The number of nitrogens with zero attached hydrogens (tertiary/aromatic N) is 3. The van der Waals surface area contributed by atoms with E-state index in [2.05, 4.69) is 124 Å². The van der Waals surface area contributed by atoms with Gasteiger partial charge in [0.1, 0.15) is 0 Å². The summed E-state index contributed by atoms with van der Waals surface area (Å²) in [5, 5.41) is 0.696. The molecule has 6 aromatic rings. The van der Waals surface area contributed by atoms with Gasteiger partial charge >= 0.3 is 0 Å². The van der Waals surface area contributed by atoms with Gasteiger partial charge in [-0.05, 0) is 91.9 Å². The Balaban J connectivity index is 0.00000113. The molecule has 5 aromatic carbocycles. The van der Waals surface area contributed by atoms with Gasteiger partial charge in [-0.1, -0.05) is 84.4 Å². The maximum atomic E-state index is 6.43. The first-order valence-electron chi connectivity index (χ1n) is 13.8. The molecule has 206 valence electrons. The standard InChI is InChI=1S/C35H26ClN3.C3H6/c36-28-13-10-19-32(25-28)39(30-16-5-2-6-17-30)34-21-11-20-33(26-34)38(29-14-3-1-4-15-29)31-18-9-12-27(24-31)35-22-7-8-23-37-35;1-3-2/h1-26H;3H,1H2,2H3. The van der Waals surface area contributed by atoms with Crippen LogP contribution in [0.2, 0.25) is 5.02 Å². The quantitative estimate of drug-likeness (QED) is 0.179. The van der Waals surface area contributed by atoms with Crippen LogP contribution in [0.3, 0.4) is 0 Å². The van der Waals surface area contributed by atoms with Crippen LogP contribution in [0.25, 0.3) is 11.3 Å². The number of aromatic nitrogens is 1. The van der Waals surface area contributed by atoms with Crippen LogP contribution in [0.15, 0.2) is 171 Å². The van der Waals surface area contributed by atoms with Crippen molar-refractivity contribution in [3.8, 4) is 11.3 Å². The number of benzene rings is 5. The van der Waals surface area contributed by atoms with Crippen molar-refractivity contribution in [3.05, 3.63) is 176 Å². The number of hydrogen-bond acceptors (Lipinski definition) is 3. The summed E-state index contributed by atoms with van der Waals surface area (Å²) in [7, 11) is 0. The molecule has 1 heterocycles. The van der Waals surface area contributed by atoms with E-state index in [9.17, 15) is 0 Å². The van der Waals surface area contributed by atoms with Crippen molar-refractivity contribution in [1.82, 2.24) is 4.98 Å². The lowest BCUT2D eigenvalue weighted by Gasteiger charge is -2.29. The second kappa shape index (κ2) is 14.0. The van der Waals surface area contributed by atoms with Gasteiger partial charge in [-0.15, -0.1) is 6.58 Å². The van der Waals surface area contributed by atoms with Gasteiger partial charge in [-0.2, -0.15) is 0 Å². The van der Waals surface area contributed by atoms with Crippen molar-refractivity contribution in [2.75, 3.05) is 9.80 Å². The summed E-state index contributed by atoms with van der Waals surface area (Å²) in [6.45, 7) is 5.25. The maximum absolute atomic E-state index is 6.43. The maximum Gasteiger partial charge on any atom is 0.0702 e. The smallest absolute Gasteiger partial charge is 0.0702 e. The highest BCUT2D eigenvalue weighted by molar-refractivity contribution is 6.30. The summed E-state index contributed by atoms with van der Waals surface area (Å²) < 4.78 is 0. The zero-order chi connectivity index (χ0) is 29.1. The predicted octanol–water partition coefficient (Wildman–Crippen LogP) is 11.5. The molecule has 0 bridgehead atoms. The number of hydrogen-bond donors (Lipinski definition) is 0. The van der Waals surface area contributed by atoms with Crippen LogP contribution in [0.4, 0.5) is 34.1 Å². The molecule has 0 fully saturated rings. The van der Waals surface area contributed by atoms with Gasteiger partial charge in [-0.3, -0.25) is 4.98 Å². The summed E-state index contributed by atoms with van der Waals surface area (Å²) >= 11 is 6.43. The molecule has 4 heteroatoms. The molecule has 6 rings (SSSR count). The summed E-state index contributed by atoms with van der Waals surface area (Å²) in [6.07, 6.45) is 3.58. The Morgan fingerprint density at radius 1 is 0.524 bits per heavy atom. The van der Waals surface area contributed by atoms with Crippen LogP contribution in [0.5, 0.6) is 0 Å². The average Bonchev–Trinajstić information content (AvgIpc) is 3.04. The molecular weight excluding hydrogens is 534 g/mol. The second-order valence-electron chi connectivity index (χ2n) is 9.52. The molecule has 0 spiro atoms. The van der Waals surface area contributed by atoms with E-state index in [1.807, 2.05) is 61.7 Å². The molecule has 0 aliphatic carbocycles. The summed E-state index contributed by atoms with van der Waals surface area (Å²) in [5.74, 6) is 0. The normalized spacial score (nSPS) is 10.2. The zero-order valence-corrected chi connectivity index (χ0v) is 24.3. The number of halogens is 1. The molecule has 42 heavy (non-hydrogen) atoms. The van der Waals surface area contributed by atoms with Crippen molar-refractivity contribution in [2.45, 2.75) is 6.92 Å². The Morgan fingerprint density at radius 2 is 0.976 bits per heavy atom. The van der Waals surface area contributed by atoms with E-state index in [0.29, 0.717) is 5.02 Å². The predicted molar refractivity (Wildman–Crippen MR) is 180 cm³/mol. The fourth-order valence-electron chi connectivity index (χ4n) is 4.77. The largest absolute Gasteiger partial charge is 0.310 e. The molecule has 0 atom stereocenters. The number of allylic oxidation sites excluding steroid dienone is 1. The van der Waals surface area contributed by atoms with Gasteiger partial charge in [0.2, 0.25) is 0 Å². The first-order valence-corrected chi connectivity index (χ1v) is 14.2. The minimum Gasteiger partial charge on any atom is -0.310 e. The molecule has 0 amide bonds. The average molecular weight is 566 g/mol. The zero-order valence-electron chi connectivity index (χ0n) is 23.5. The lowest BCUT2D eigenvalue weighted by Crippen LogP contribution is -2.13. The first kappa shape index (κ1) is 28.4. The van der Waals surface area contributed by atoms with E-state index < -0.39 is 0 Å². The van der Waals surface area contributed by atoms with Crippen molar-refractivity contribution in [2.24, 2.45) is 0 Å². The van der Waals surface area contributed by atoms with Gasteiger partial charge in [0.15, 0.2) is 0 Å². The Kier molecular flexibility index (Phi) is 9.46. The Morgan fingerprint density at radius 3 is 1.50 bits per heavy atom. The van der Waals surface area contributed by atoms with Crippen LogP contribution in [0, 0.1) is 0 Å². The van der Waals surface area contributed by atoms with E-state index in [1.165, 1.54) is 0 Å². The topological polar surface area (TPSA) is 19.4 Å². The van der Waals surface area contributed by atoms with E-state index in [1.54, 1.807) is 6.08 Å². The van der Waals surface area contributed by atoms with Gasteiger partial charge < -0.3 is 9.80 Å². The Hall–Kier alpha value is -5.12. The molecular formula is C38H32ClN3. The fourth-order valence-corrected chi connectivity index (χ4v) is 4.96. The highest BCUT2D eigenvalue weighted by Gasteiger charge is 2.17. The second-order valence-corrected chi connectivity index (χ2v) is 9.95. The van der Waals surface area contributed by atoms with Crippen molar-refractivity contribution >= 4 is 45.7 Å². The van der Waals surface area contributed by atoms with Crippen molar-refractivity contribution in [3.63, 3.8) is 0 Å². The van der Waals surface area contributed by atoms with Gasteiger partial charge in [0.05, 0.1) is 5.69 Å². The van der Waals surface area contributed by atoms with E-state index in [-0.39, 0.29) is 0 Å². The summed E-state index contributed by atoms with van der Waals surface area (Å²) in [4.78, 5) is 9.07. The summed E-state index contributed by atoms with van der Waals surface area (Å²) in [6, 6.07) is 51.8. The molecule has 0 N–H and O–H groups in total. The van der Waals surface area contributed by atoms with E-state index in [4.69, 9.17) is 11.6 Å². The number of anilines is 6. The van der Waals surface area contributed by atoms with Crippen LogP contribution in [0.1, 0.15) is 6.92 Å². The lowest BCUT2D eigenvalue weighted by atomic mass is 10.1. The highest BCUT2D eigenvalue weighted by Crippen LogP contribution is 2.41. The van der Waals surface area contributed by atoms with Crippen LogP contribution < -0.4 is 9.80 Å². The third-order valence-corrected chi connectivity index (χ3v) is 6.74. The molecule has 3 nitrogen and oxygen atoms in total. The van der Waals surface area contributed by atoms with Gasteiger partial charge in [0.25, 0.3) is 0 Å². The SMILES string of the molecule is C=CC.Clc1cccc(N(c2ccccc2)c2cccc(N(c3ccccc3)c3cccc(-c4ccccn4)c3)c2)c1. The monoisotopic (exact) mass is 565 g/mol. The van der Waals surface area contributed by atoms with Crippen LogP contribution in [-0.4, -0.2) is 4.98 Å². The van der Waals surface area contributed by atoms with Crippen molar-refractivity contribution in [1.29, 1.82) is 0 Å². The van der Waals surface area contributed by atoms with Crippen molar-refractivity contribution < 1.29 is 0 Å². The van der Waals surface area contributed by atoms with E-state index in [0.717, 1.165) is 45.4 Å².